The number of hydrogen-bond donors (Lipinski definition) is 1. The molecule has 0 saturated heterocycles. The lowest BCUT2D eigenvalue weighted by molar-refractivity contribution is -0.138. The Balaban J connectivity index is 3.59. The molecule has 0 bridgehead atoms. The standard InChI is InChI=1S/C7H13NO2/c1-3-5-8(4-2)6-7(9)10/h3H,1,4-6H2,2H3,(H,9,10). The van der Waals surface area contributed by atoms with E-state index in [0.29, 0.717) is 6.54 Å². The highest BCUT2D eigenvalue weighted by molar-refractivity contribution is 5.69. The van der Waals surface area contributed by atoms with Crippen molar-refractivity contribution in [3.63, 3.8) is 0 Å². The van der Waals surface area contributed by atoms with Crippen molar-refractivity contribution in [3.05, 3.63) is 12.7 Å². The zero-order valence-electron chi connectivity index (χ0n) is 6.21. The minimum absolute atomic E-state index is 0.0997. The van der Waals surface area contributed by atoms with E-state index in [1.54, 1.807) is 11.0 Å². The number of carboxylic acids is 1. The molecule has 0 aliphatic heterocycles. The Morgan fingerprint density at radius 3 is 2.70 bits per heavy atom. The lowest BCUT2D eigenvalue weighted by Gasteiger charge is -2.14. The Labute approximate surface area is 61.0 Å². The minimum Gasteiger partial charge on any atom is -0.480 e. The van der Waals surface area contributed by atoms with Crippen LogP contribution in [0.5, 0.6) is 0 Å². The number of aliphatic carboxylic acids is 1. The Morgan fingerprint density at radius 2 is 2.40 bits per heavy atom. The largest absolute Gasteiger partial charge is 0.480 e. The van der Waals surface area contributed by atoms with E-state index in [1.165, 1.54) is 0 Å². The second kappa shape index (κ2) is 4.99. The summed E-state index contributed by atoms with van der Waals surface area (Å²) in [6.07, 6.45) is 1.70. The van der Waals surface area contributed by atoms with E-state index in [4.69, 9.17) is 5.11 Å². The monoisotopic (exact) mass is 143 g/mol. The summed E-state index contributed by atoms with van der Waals surface area (Å²) < 4.78 is 0. The number of carboxylic acid groups (broad SMARTS) is 1. The molecule has 0 radical (unpaired) electrons. The molecular weight excluding hydrogens is 130 g/mol. The Morgan fingerprint density at radius 1 is 1.80 bits per heavy atom. The molecule has 0 atom stereocenters. The van der Waals surface area contributed by atoms with Crippen molar-refractivity contribution < 1.29 is 9.90 Å². The van der Waals surface area contributed by atoms with E-state index >= 15 is 0 Å². The van der Waals surface area contributed by atoms with Gasteiger partial charge in [-0.15, -0.1) is 6.58 Å². The predicted molar refractivity (Wildman–Crippen MR) is 39.9 cm³/mol. The molecule has 0 aliphatic rings. The molecule has 0 amide bonds. The maximum Gasteiger partial charge on any atom is 0.317 e. The van der Waals surface area contributed by atoms with Crippen LogP contribution in [-0.4, -0.2) is 35.6 Å². The summed E-state index contributed by atoms with van der Waals surface area (Å²) in [6.45, 7) is 6.93. The van der Waals surface area contributed by atoms with Crippen molar-refractivity contribution in [2.75, 3.05) is 19.6 Å². The van der Waals surface area contributed by atoms with Crippen molar-refractivity contribution >= 4 is 5.97 Å². The first-order chi connectivity index (χ1) is 4.70. The second-order valence-electron chi connectivity index (χ2n) is 2.01. The molecule has 0 unspecified atom stereocenters. The topological polar surface area (TPSA) is 40.5 Å². The van der Waals surface area contributed by atoms with Crippen molar-refractivity contribution in [1.82, 2.24) is 4.90 Å². The first kappa shape index (κ1) is 9.17. The molecule has 1 N–H and O–H groups in total. The third-order valence-electron chi connectivity index (χ3n) is 1.19. The maximum atomic E-state index is 10.2. The van der Waals surface area contributed by atoms with Crippen LogP contribution >= 0.6 is 0 Å². The zero-order chi connectivity index (χ0) is 7.98. The summed E-state index contributed by atoms with van der Waals surface area (Å²) in [6, 6.07) is 0. The molecule has 0 aromatic heterocycles. The van der Waals surface area contributed by atoms with Gasteiger partial charge in [-0.25, -0.2) is 0 Å². The quantitative estimate of drug-likeness (QED) is 0.572. The van der Waals surface area contributed by atoms with Gasteiger partial charge in [-0.05, 0) is 6.54 Å². The van der Waals surface area contributed by atoms with Crippen molar-refractivity contribution in [2.24, 2.45) is 0 Å². The maximum absolute atomic E-state index is 10.2. The molecule has 3 nitrogen and oxygen atoms in total. The molecule has 10 heavy (non-hydrogen) atoms. The summed E-state index contributed by atoms with van der Waals surface area (Å²) in [7, 11) is 0. The number of nitrogens with zero attached hydrogens (tertiary/aromatic N) is 1. The van der Waals surface area contributed by atoms with E-state index in [9.17, 15) is 4.79 Å². The van der Waals surface area contributed by atoms with Crippen LogP contribution in [0, 0.1) is 0 Å². The molecule has 0 heterocycles. The van der Waals surface area contributed by atoms with E-state index in [2.05, 4.69) is 6.58 Å². The minimum atomic E-state index is -0.788. The van der Waals surface area contributed by atoms with Crippen LogP contribution in [0.3, 0.4) is 0 Å². The summed E-state index contributed by atoms with van der Waals surface area (Å²) in [5, 5.41) is 8.37. The molecule has 0 saturated carbocycles. The van der Waals surface area contributed by atoms with Crippen LogP contribution in [0.2, 0.25) is 0 Å². The molecular formula is C7H13NO2. The van der Waals surface area contributed by atoms with Gasteiger partial charge in [0.2, 0.25) is 0 Å². The van der Waals surface area contributed by atoms with Crippen molar-refractivity contribution in [1.29, 1.82) is 0 Å². The molecule has 3 heteroatoms. The van der Waals surface area contributed by atoms with Gasteiger partial charge in [-0.2, -0.15) is 0 Å². The molecule has 0 spiro atoms. The van der Waals surface area contributed by atoms with Gasteiger partial charge in [0.1, 0.15) is 0 Å². The van der Waals surface area contributed by atoms with Crippen LogP contribution in [-0.2, 0) is 4.79 Å². The Kier molecular flexibility index (Phi) is 4.58. The highest BCUT2D eigenvalue weighted by atomic mass is 16.4. The van der Waals surface area contributed by atoms with Crippen LogP contribution in [0.4, 0.5) is 0 Å². The molecule has 0 rings (SSSR count). The van der Waals surface area contributed by atoms with E-state index in [1.807, 2.05) is 6.92 Å². The van der Waals surface area contributed by atoms with Gasteiger partial charge in [0.05, 0.1) is 6.54 Å². The predicted octanol–water partition coefficient (Wildman–Crippen LogP) is 0.579. The lowest BCUT2D eigenvalue weighted by atomic mass is 10.4. The summed E-state index contributed by atoms with van der Waals surface area (Å²) in [4.78, 5) is 12.0. The van der Waals surface area contributed by atoms with Gasteiger partial charge in [-0.1, -0.05) is 13.0 Å². The highest BCUT2D eigenvalue weighted by Crippen LogP contribution is 1.86. The van der Waals surface area contributed by atoms with Crippen molar-refractivity contribution in [3.8, 4) is 0 Å². The summed E-state index contributed by atoms with van der Waals surface area (Å²) in [5.74, 6) is -0.788. The highest BCUT2D eigenvalue weighted by Gasteiger charge is 2.03. The smallest absolute Gasteiger partial charge is 0.317 e. The summed E-state index contributed by atoms with van der Waals surface area (Å²) in [5.41, 5.74) is 0. The Hall–Kier alpha value is -0.830. The van der Waals surface area contributed by atoms with Gasteiger partial charge < -0.3 is 5.11 Å². The number of hydrogen-bond acceptors (Lipinski definition) is 2. The van der Waals surface area contributed by atoms with Gasteiger partial charge in [0, 0.05) is 6.54 Å². The Bertz CT molecular complexity index is 123. The van der Waals surface area contributed by atoms with Crippen LogP contribution in [0.25, 0.3) is 0 Å². The van der Waals surface area contributed by atoms with Gasteiger partial charge >= 0.3 is 5.97 Å². The SMILES string of the molecule is C=CCN(CC)CC(=O)O. The molecule has 0 aromatic carbocycles. The fourth-order valence-corrected chi connectivity index (χ4v) is 0.679. The normalized spacial score (nSPS) is 9.80. The molecule has 0 fully saturated rings. The van der Waals surface area contributed by atoms with Gasteiger partial charge in [0.15, 0.2) is 0 Å². The summed E-state index contributed by atoms with van der Waals surface area (Å²) >= 11 is 0. The van der Waals surface area contributed by atoms with E-state index < -0.39 is 5.97 Å². The van der Waals surface area contributed by atoms with E-state index in [0.717, 1.165) is 6.54 Å². The fraction of sp³-hybridized carbons (Fsp3) is 0.571. The average Bonchev–Trinajstić information content (AvgIpc) is 1.86. The third-order valence-corrected chi connectivity index (χ3v) is 1.19. The fourth-order valence-electron chi connectivity index (χ4n) is 0.679. The van der Waals surface area contributed by atoms with E-state index in [-0.39, 0.29) is 6.54 Å². The third kappa shape index (κ3) is 4.09. The van der Waals surface area contributed by atoms with Crippen LogP contribution in [0.1, 0.15) is 6.92 Å². The number of rotatable bonds is 5. The molecule has 58 valence electrons. The van der Waals surface area contributed by atoms with Crippen LogP contribution < -0.4 is 0 Å². The lowest BCUT2D eigenvalue weighted by Crippen LogP contribution is -2.29. The van der Waals surface area contributed by atoms with Gasteiger partial charge in [-0.3, -0.25) is 9.69 Å². The number of carbonyl (C=O) groups is 1. The first-order valence-corrected chi connectivity index (χ1v) is 3.25. The first-order valence-electron chi connectivity index (χ1n) is 3.25. The van der Waals surface area contributed by atoms with Gasteiger partial charge in [0.25, 0.3) is 0 Å². The number of likely N-dealkylation sites (N-methyl/N-ethyl adjacent to an activating group) is 1. The zero-order valence-corrected chi connectivity index (χ0v) is 6.21. The molecule has 0 aliphatic carbocycles. The molecule has 0 aromatic rings. The average molecular weight is 143 g/mol. The second-order valence-corrected chi connectivity index (χ2v) is 2.01. The van der Waals surface area contributed by atoms with Crippen molar-refractivity contribution in [2.45, 2.75) is 6.92 Å². The van der Waals surface area contributed by atoms with Crippen LogP contribution in [0.15, 0.2) is 12.7 Å².